The zero-order chi connectivity index (χ0) is 14.4. The second kappa shape index (κ2) is 6.63. The molecule has 0 heterocycles. The smallest absolute Gasteiger partial charge is 0.325 e. The molecular formula is C13H18N2O4. The summed E-state index contributed by atoms with van der Waals surface area (Å²) in [7, 11) is 0. The quantitative estimate of drug-likeness (QED) is 0.761. The number of amides is 2. The van der Waals surface area contributed by atoms with Gasteiger partial charge in [0.25, 0.3) is 0 Å². The van der Waals surface area contributed by atoms with Crippen LogP contribution in [0.15, 0.2) is 24.3 Å². The molecule has 1 aromatic carbocycles. The molecule has 0 unspecified atom stereocenters. The number of rotatable bonds is 5. The molecule has 104 valence electrons. The van der Waals surface area contributed by atoms with Crippen LogP contribution in [0.5, 0.6) is 5.75 Å². The molecule has 3 N–H and O–H groups in total. The van der Waals surface area contributed by atoms with Crippen molar-refractivity contribution in [3.8, 4) is 5.75 Å². The summed E-state index contributed by atoms with van der Waals surface area (Å²) in [4.78, 5) is 22.0. The van der Waals surface area contributed by atoms with E-state index in [1.54, 1.807) is 24.3 Å². The van der Waals surface area contributed by atoms with E-state index in [1.807, 2.05) is 13.8 Å². The lowest BCUT2D eigenvalue weighted by molar-refractivity contribution is -0.138. The number of aliphatic carboxylic acids is 1. The number of nitrogens with one attached hydrogen (secondary N) is 2. The van der Waals surface area contributed by atoms with Crippen molar-refractivity contribution in [2.24, 2.45) is 0 Å². The number of benzene rings is 1. The van der Waals surface area contributed by atoms with Gasteiger partial charge in [-0.1, -0.05) is 0 Å². The van der Waals surface area contributed by atoms with Gasteiger partial charge in [-0.15, -0.1) is 0 Å². The van der Waals surface area contributed by atoms with E-state index in [4.69, 9.17) is 9.84 Å². The molecule has 0 aliphatic carbocycles. The molecule has 1 atom stereocenters. The van der Waals surface area contributed by atoms with Crippen molar-refractivity contribution >= 4 is 17.7 Å². The van der Waals surface area contributed by atoms with E-state index in [-0.39, 0.29) is 6.10 Å². The molecule has 0 aliphatic rings. The van der Waals surface area contributed by atoms with Crippen molar-refractivity contribution in [3.63, 3.8) is 0 Å². The summed E-state index contributed by atoms with van der Waals surface area (Å²) < 4.78 is 5.46. The maximum atomic E-state index is 11.5. The molecule has 0 aromatic heterocycles. The molecule has 0 spiro atoms. The molecule has 1 rings (SSSR count). The third-order valence-electron chi connectivity index (χ3n) is 2.20. The fourth-order valence-corrected chi connectivity index (χ4v) is 1.31. The number of carboxylic acid groups (broad SMARTS) is 1. The van der Waals surface area contributed by atoms with Crippen LogP contribution in [-0.4, -0.2) is 29.3 Å². The van der Waals surface area contributed by atoms with E-state index in [9.17, 15) is 9.59 Å². The SMILES string of the molecule is CC(C)Oc1ccc(NC(=O)N[C@@H](C)C(=O)O)cc1. The van der Waals surface area contributed by atoms with Crippen LogP contribution in [0.3, 0.4) is 0 Å². The largest absolute Gasteiger partial charge is 0.491 e. The van der Waals surface area contributed by atoms with Gasteiger partial charge in [-0.2, -0.15) is 0 Å². The zero-order valence-electron chi connectivity index (χ0n) is 11.1. The monoisotopic (exact) mass is 266 g/mol. The number of hydrogen-bond donors (Lipinski definition) is 3. The first-order valence-corrected chi connectivity index (χ1v) is 5.95. The molecule has 0 saturated heterocycles. The van der Waals surface area contributed by atoms with Crippen molar-refractivity contribution in [2.45, 2.75) is 32.9 Å². The van der Waals surface area contributed by atoms with E-state index in [2.05, 4.69) is 10.6 Å². The first-order chi connectivity index (χ1) is 8.88. The highest BCUT2D eigenvalue weighted by Gasteiger charge is 2.13. The van der Waals surface area contributed by atoms with Crippen LogP contribution >= 0.6 is 0 Å². The van der Waals surface area contributed by atoms with Crippen molar-refractivity contribution in [1.29, 1.82) is 0 Å². The highest BCUT2D eigenvalue weighted by atomic mass is 16.5. The molecule has 0 fully saturated rings. The van der Waals surface area contributed by atoms with Crippen molar-refractivity contribution in [1.82, 2.24) is 5.32 Å². The number of ether oxygens (including phenoxy) is 1. The molecular weight excluding hydrogens is 248 g/mol. The summed E-state index contributed by atoms with van der Waals surface area (Å²) in [5.41, 5.74) is 0.561. The number of carbonyl (C=O) groups excluding carboxylic acids is 1. The molecule has 0 radical (unpaired) electrons. The van der Waals surface area contributed by atoms with Crippen LogP contribution in [0.2, 0.25) is 0 Å². The zero-order valence-corrected chi connectivity index (χ0v) is 11.1. The lowest BCUT2D eigenvalue weighted by Gasteiger charge is -2.12. The molecule has 6 nitrogen and oxygen atoms in total. The number of carbonyl (C=O) groups is 2. The molecule has 19 heavy (non-hydrogen) atoms. The Hall–Kier alpha value is -2.24. The van der Waals surface area contributed by atoms with Crippen LogP contribution in [0, 0.1) is 0 Å². The van der Waals surface area contributed by atoms with Gasteiger partial charge >= 0.3 is 12.0 Å². The molecule has 0 saturated carbocycles. The van der Waals surface area contributed by atoms with E-state index in [0.717, 1.165) is 0 Å². The van der Waals surface area contributed by atoms with E-state index in [1.165, 1.54) is 6.92 Å². The summed E-state index contributed by atoms with van der Waals surface area (Å²) in [6, 6.07) is 5.33. The summed E-state index contributed by atoms with van der Waals surface area (Å²) in [6.45, 7) is 5.24. The van der Waals surface area contributed by atoms with Gasteiger partial charge in [0.15, 0.2) is 0 Å². The fraction of sp³-hybridized carbons (Fsp3) is 0.385. The van der Waals surface area contributed by atoms with Crippen LogP contribution < -0.4 is 15.4 Å². The highest BCUT2D eigenvalue weighted by molar-refractivity contribution is 5.92. The van der Waals surface area contributed by atoms with Crippen LogP contribution in [-0.2, 0) is 4.79 Å². The van der Waals surface area contributed by atoms with Crippen LogP contribution in [0.4, 0.5) is 10.5 Å². The summed E-state index contributed by atoms with van der Waals surface area (Å²) in [6.07, 6.45) is 0.0820. The summed E-state index contributed by atoms with van der Waals surface area (Å²) in [5, 5.41) is 13.5. The minimum Gasteiger partial charge on any atom is -0.491 e. The first kappa shape index (κ1) is 14.8. The predicted molar refractivity (Wildman–Crippen MR) is 71.5 cm³/mol. The number of carboxylic acids is 1. The van der Waals surface area contributed by atoms with Gasteiger partial charge in [0, 0.05) is 5.69 Å². The van der Waals surface area contributed by atoms with Crippen LogP contribution in [0.1, 0.15) is 20.8 Å². The molecule has 0 aliphatic heterocycles. The normalized spacial score (nSPS) is 11.8. The Labute approximate surface area is 111 Å². The van der Waals surface area contributed by atoms with Crippen molar-refractivity contribution < 1.29 is 19.4 Å². The number of anilines is 1. The summed E-state index contributed by atoms with van der Waals surface area (Å²) in [5.74, 6) is -0.379. The molecule has 2 amide bonds. The Bertz CT molecular complexity index is 442. The van der Waals surface area contributed by atoms with E-state index in [0.29, 0.717) is 11.4 Å². The Balaban J connectivity index is 2.53. The Kier molecular flexibility index (Phi) is 5.17. The number of hydrogen-bond acceptors (Lipinski definition) is 3. The maximum absolute atomic E-state index is 11.5. The Morgan fingerprint density at radius 1 is 1.16 bits per heavy atom. The minimum absolute atomic E-state index is 0.0820. The van der Waals surface area contributed by atoms with Crippen molar-refractivity contribution in [2.75, 3.05) is 5.32 Å². The van der Waals surface area contributed by atoms with Gasteiger partial charge < -0.3 is 20.5 Å². The van der Waals surface area contributed by atoms with Gasteiger partial charge in [0.1, 0.15) is 11.8 Å². The fourth-order valence-electron chi connectivity index (χ4n) is 1.31. The predicted octanol–water partition coefficient (Wildman–Crippen LogP) is 2.07. The average molecular weight is 266 g/mol. The Morgan fingerprint density at radius 3 is 2.21 bits per heavy atom. The second-order valence-corrected chi connectivity index (χ2v) is 4.35. The topological polar surface area (TPSA) is 87.7 Å². The van der Waals surface area contributed by atoms with Gasteiger partial charge in [-0.3, -0.25) is 4.79 Å². The third-order valence-corrected chi connectivity index (χ3v) is 2.20. The van der Waals surface area contributed by atoms with Crippen molar-refractivity contribution in [3.05, 3.63) is 24.3 Å². The lowest BCUT2D eigenvalue weighted by Crippen LogP contribution is -2.40. The van der Waals surface area contributed by atoms with E-state index >= 15 is 0 Å². The lowest BCUT2D eigenvalue weighted by atomic mass is 10.3. The van der Waals surface area contributed by atoms with Gasteiger partial charge in [-0.25, -0.2) is 4.79 Å². The Morgan fingerprint density at radius 2 is 1.74 bits per heavy atom. The van der Waals surface area contributed by atoms with Gasteiger partial charge in [0.2, 0.25) is 0 Å². The maximum Gasteiger partial charge on any atom is 0.325 e. The minimum atomic E-state index is -1.09. The van der Waals surface area contributed by atoms with Gasteiger partial charge in [0.05, 0.1) is 6.10 Å². The standard InChI is InChI=1S/C13H18N2O4/c1-8(2)19-11-6-4-10(5-7-11)15-13(18)14-9(3)12(16)17/h4-9H,1-3H3,(H,16,17)(H2,14,15,18)/t9-/m0/s1. The van der Waals surface area contributed by atoms with Gasteiger partial charge in [-0.05, 0) is 45.0 Å². The average Bonchev–Trinajstić information content (AvgIpc) is 2.30. The second-order valence-electron chi connectivity index (χ2n) is 4.35. The highest BCUT2D eigenvalue weighted by Crippen LogP contribution is 2.16. The molecule has 1 aromatic rings. The molecule has 6 heteroatoms. The molecule has 0 bridgehead atoms. The van der Waals surface area contributed by atoms with E-state index < -0.39 is 18.0 Å². The summed E-state index contributed by atoms with van der Waals surface area (Å²) >= 11 is 0. The van der Waals surface area contributed by atoms with Crippen LogP contribution in [0.25, 0.3) is 0 Å². The number of urea groups is 1. The first-order valence-electron chi connectivity index (χ1n) is 5.95. The third kappa shape index (κ3) is 5.29.